The number of hydrogen-bond acceptors (Lipinski definition) is 5. The van der Waals surface area contributed by atoms with Crippen molar-refractivity contribution in [2.24, 2.45) is 0 Å². The van der Waals surface area contributed by atoms with Gasteiger partial charge in [-0.3, -0.25) is 0 Å². The van der Waals surface area contributed by atoms with Crippen LogP contribution in [0.1, 0.15) is 11.5 Å². The first kappa shape index (κ1) is 10.7. The van der Waals surface area contributed by atoms with Crippen molar-refractivity contribution < 1.29 is 13.7 Å². The first-order valence-corrected chi connectivity index (χ1v) is 4.65. The second kappa shape index (κ2) is 4.36. The van der Waals surface area contributed by atoms with Crippen molar-refractivity contribution in [3.05, 3.63) is 29.5 Å². The van der Waals surface area contributed by atoms with Gasteiger partial charge in [0, 0.05) is 7.11 Å². The lowest BCUT2D eigenvalue weighted by Crippen LogP contribution is -1.97. The van der Waals surface area contributed by atoms with Gasteiger partial charge in [0.05, 0.1) is 12.3 Å². The monoisotopic (exact) mass is 223 g/mol. The van der Waals surface area contributed by atoms with Gasteiger partial charge in [0.15, 0.2) is 17.3 Å². The Balaban J connectivity index is 2.42. The van der Waals surface area contributed by atoms with E-state index in [1.165, 1.54) is 6.07 Å². The maximum Gasteiger partial charge on any atom is 0.279 e. The minimum absolute atomic E-state index is 0.0511. The SMILES string of the molecule is COCc1ccc(F)c(-c2nc(C)no2)n1. The Morgan fingerprint density at radius 3 is 2.81 bits per heavy atom. The highest BCUT2D eigenvalue weighted by Crippen LogP contribution is 2.19. The van der Waals surface area contributed by atoms with Gasteiger partial charge in [-0.25, -0.2) is 9.37 Å². The average Bonchev–Trinajstić information content (AvgIpc) is 2.68. The predicted molar refractivity (Wildman–Crippen MR) is 52.9 cm³/mol. The van der Waals surface area contributed by atoms with Crippen molar-refractivity contribution >= 4 is 0 Å². The molecule has 2 aromatic heterocycles. The van der Waals surface area contributed by atoms with Gasteiger partial charge in [0.1, 0.15) is 0 Å². The molecule has 0 aliphatic rings. The van der Waals surface area contributed by atoms with E-state index in [0.717, 1.165) is 0 Å². The second-order valence-corrected chi connectivity index (χ2v) is 3.21. The lowest BCUT2D eigenvalue weighted by atomic mass is 10.3. The highest BCUT2D eigenvalue weighted by atomic mass is 19.1. The summed E-state index contributed by atoms with van der Waals surface area (Å²) in [6, 6.07) is 2.85. The van der Waals surface area contributed by atoms with E-state index in [1.807, 2.05) is 0 Å². The Morgan fingerprint density at radius 2 is 2.19 bits per heavy atom. The van der Waals surface area contributed by atoms with Crippen molar-refractivity contribution in [1.82, 2.24) is 15.1 Å². The summed E-state index contributed by atoms with van der Waals surface area (Å²) in [6.07, 6.45) is 0. The topological polar surface area (TPSA) is 61.0 Å². The third-order valence-electron chi connectivity index (χ3n) is 1.93. The fraction of sp³-hybridized carbons (Fsp3) is 0.300. The summed E-state index contributed by atoms with van der Waals surface area (Å²) in [4.78, 5) is 7.97. The van der Waals surface area contributed by atoms with Crippen LogP contribution in [0.15, 0.2) is 16.7 Å². The van der Waals surface area contributed by atoms with E-state index in [1.54, 1.807) is 20.1 Å². The van der Waals surface area contributed by atoms with Crippen LogP contribution in [-0.4, -0.2) is 22.2 Å². The number of hydrogen-bond donors (Lipinski definition) is 0. The molecule has 0 saturated carbocycles. The van der Waals surface area contributed by atoms with Gasteiger partial charge in [-0.1, -0.05) is 5.16 Å². The number of ether oxygens (including phenoxy) is 1. The summed E-state index contributed by atoms with van der Waals surface area (Å²) in [6.45, 7) is 1.96. The van der Waals surface area contributed by atoms with E-state index in [4.69, 9.17) is 9.26 Å². The average molecular weight is 223 g/mol. The summed E-state index contributed by atoms with van der Waals surface area (Å²) >= 11 is 0. The Morgan fingerprint density at radius 1 is 1.38 bits per heavy atom. The summed E-state index contributed by atoms with van der Waals surface area (Å²) in [5.41, 5.74) is 0.657. The van der Waals surface area contributed by atoms with Crippen LogP contribution < -0.4 is 0 Å². The largest absolute Gasteiger partial charge is 0.378 e. The molecule has 0 atom stereocenters. The molecule has 0 bridgehead atoms. The third kappa shape index (κ3) is 2.06. The molecule has 0 fully saturated rings. The molecule has 84 valence electrons. The first-order chi connectivity index (χ1) is 7.70. The van der Waals surface area contributed by atoms with E-state index < -0.39 is 5.82 Å². The zero-order chi connectivity index (χ0) is 11.5. The van der Waals surface area contributed by atoms with Crippen LogP contribution in [0.25, 0.3) is 11.6 Å². The molecule has 0 aliphatic carbocycles. The number of rotatable bonds is 3. The van der Waals surface area contributed by atoms with Crippen molar-refractivity contribution in [2.45, 2.75) is 13.5 Å². The van der Waals surface area contributed by atoms with Crippen molar-refractivity contribution in [3.63, 3.8) is 0 Å². The van der Waals surface area contributed by atoms with Gasteiger partial charge < -0.3 is 9.26 Å². The Labute approximate surface area is 91.3 Å². The van der Waals surface area contributed by atoms with Crippen LogP contribution >= 0.6 is 0 Å². The second-order valence-electron chi connectivity index (χ2n) is 3.21. The quantitative estimate of drug-likeness (QED) is 0.792. The molecule has 6 heteroatoms. The molecule has 0 N–H and O–H groups in total. The third-order valence-corrected chi connectivity index (χ3v) is 1.93. The Kier molecular flexibility index (Phi) is 2.91. The molecule has 16 heavy (non-hydrogen) atoms. The molecule has 5 nitrogen and oxygen atoms in total. The lowest BCUT2D eigenvalue weighted by Gasteiger charge is -2.01. The van der Waals surface area contributed by atoms with E-state index in [2.05, 4.69) is 15.1 Å². The minimum Gasteiger partial charge on any atom is -0.378 e. The number of pyridine rings is 1. The van der Waals surface area contributed by atoms with Crippen LogP contribution in [0.2, 0.25) is 0 Å². The number of methoxy groups -OCH3 is 1. The van der Waals surface area contributed by atoms with Crippen LogP contribution in [0.3, 0.4) is 0 Å². The molecule has 2 rings (SSSR count). The van der Waals surface area contributed by atoms with Crippen LogP contribution in [0.4, 0.5) is 4.39 Å². The molecule has 0 aliphatic heterocycles. The molecule has 2 heterocycles. The molecule has 0 unspecified atom stereocenters. The van der Waals surface area contributed by atoms with Crippen LogP contribution in [0, 0.1) is 12.7 Å². The lowest BCUT2D eigenvalue weighted by molar-refractivity contribution is 0.181. The number of aromatic nitrogens is 3. The van der Waals surface area contributed by atoms with E-state index in [9.17, 15) is 4.39 Å². The fourth-order valence-electron chi connectivity index (χ4n) is 1.25. The predicted octanol–water partition coefficient (Wildman–Crippen LogP) is 1.73. The zero-order valence-corrected chi connectivity index (χ0v) is 8.90. The maximum absolute atomic E-state index is 13.5. The van der Waals surface area contributed by atoms with E-state index >= 15 is 0 Å². The molecular formula is C10H10FN3O2. The first-order valence-electron chi connectivity index (χ1n) is 4.65. The fourth-order valence-corrected chi connectivity index (χ4v) is 1.25. The summed E-state index contributed by atoms with van der Waals surface area (Å²) in [5, 5.41) is 3.59. The van der Waals surface area contributed by atoms with Crippen molar-refractivity contribution in [1.29, 1.82) is 0 Å². The van der Waals surface area contributed by atoms with E-state index in [-0.39, 0.29) is 11.6 Å². The minimum atomic E-state index is -0.497. The highest BCUT2D eigenvalue weighted by molar-refractivity contribution is 5.47. The smallest absolute Gasteiger partial charge is 0.279 e. The summed E-state index contributed by atoms with van der Waals surface area (Å²) in [7, 11) is 1.54. The Bertz CT molecular complexity index is 499. The van der Waals surface area contributed by atoms with Gasteiger partial charge in [-0.2, -0.15) is 4.98 Å². The zero-order valence-electron chi connectivity index (χ0n) is 8.90. The van der Waals surface area contributed by atoms with Crippen molar-refractivity contribution in [2.75, 3.05) is 7.11 Å². The molecule has 0 spiro atoms. The van der Waals surface area contributed by atoms with Gasteiger partial charge in [0.25, 0.3) is 5.89 Å². The van der Waals surface area contributed by atoms with Gasteiger partial charge in [-0.15, -0.1) is 0 Å². The molecule has 0 aromatic carbocycles. The Hall–Kier alpha value is -1.82. The molecule has 0 radical (unpaired) electrons. The van der Waals surface area contributed by atoms with Crippen molar-refractivity contribution in [3.8, 4) is 11.6 Å². The van der Waals surface area contributed by atoms with Gasteiger partial charge >= 0.3 is 0 Å². The molecule has 0 saturated heterocycles. The molecular weight excluding hydrogens is 213 g/mol. The van der Waals surface area contributed by atoms with Crippen LogP contribution in [-0.2, 0) is 11.3 Å². The molecule has 2 aromatic rings. The van der Waals surface area contributed by atoms with Gasteiger partial charge in [0.2, 0.25) is 0 Å². The number of aryl methyl sites for hydroxylation is 1. The summed E-state index contributed by atoms with van der Waals surface area (Å²) < 4.78 is 23.2. The normalized spacial score (nSPS) is 10.7. The standard InChI is InChI=1S/C10H10FN3O2/c1-6-12-10(16-14-6)9-8(11)4-3-7(13-9)5-15-2/h3-4H,5H2,1-2H3. The maximum atomic E-state index is 13.5. The number of halogens is 1. The van der Waals surface area contributed by atoms with E-state index in [0.29, 0.717) is 18.1 Å². The summed E-state index contributed by atoms with van der Waals surface area (Å²) in [5.74, 6) is 0.0183. The highest BCUT2D eigenvalue weighted by Gasteiger charge is 2.14. The molecule has 0 amide bonds. The van der Waals surface area contributed by atoms with Crippen LogP contribution in [0.5, 0.6) is 0 Å². The number of nitrogens with zero attached hydrogens (tertiary/aromatic N) is 3. The van der Waals surface area contributed by atoms with Gasteiger partial charge in [-0.05, 0) is 19.1 Å².